The second-order valence-electron chi connectivity index (χ2n) is 8.64. The van der Waals surface area contributed by atoms with Gasteiger partial charge in [0.15, 0.2) is 5.78 Å². The van der Waals surface area contributed by atoms with Crippen molar-refractivity contribution in [3.8, 4) is 0 Å². The van der Waals surface area contributed by atoms with Gasteiger partial charge in [-0.15, -0.1) is 0 Å². The van der Waals surface area contributed by atoms with Crippen molar-refractivity contribution in [2.24, 2.45) is 28.6 Å². The molecule has 3 nitrogen and oxygen atoms in total. The van der Waals surface area contributed by atoms with E-state index >= 15 is 0 Å². The maximum Gasteiger partial charge on any atom is 0.156 e. The maximum atomic E-state index is 12.1. The van der Waals surface area contributed by atoms with E-state index in [1.165, 1.54) is 0 Å². The fourth-order valence-electron chi connectivity index (χ4n) is 6.20. The van der Waals surface area contributed by atoms with Crippen molar-refractivity contribution in [1.82, 2.24) is 0 Å². The van der Waals surface area contributed by atoms with E-state index in [-0.39, 0.29) is 17.1 Å². The quantitative estimate of drug-likeness (QED) is 0.756. The number of aldehydes is 1. The molecule has 6 atom stereocenters. The summed E-state index contributed by atoms with van der Waals surface area (Å²) in [6, 6.07) is 0. The molecule has 0 bridgehead atoms. The van der Waals surface area contributed by atoms with Crippen molar-refractivity contribution in [1.29, 1.82) is 0 Å². The Morgan fingerprint density at radius 2 is 1.91 bits per heavy atom. The summed E-state index contributed by atoms with van der Waals surface area (Å²) in [5.41, 5.74) is -0.209. The zero-order valence-electron chi connectivity index (χ0n) is 14.0. The number of carbonyl (C=O) groups is 2. The van der Waals surface area contributed by atoms with Crippen LogP contribution in [0, 0.1) is 28.6 Å². The van der Waals surface area contributed by atoms with E-state index in [1.807, 2.05) is 13.0 Å². The molecule has 0 aromatic carbocycles. The van der Waals surface area contributed by atoms with Gasteiger partial charge in [-0.3, -0.25) is 4.79 Å². The Bertz CT molecular complexity index is 629. The van der Waals surface area contributed by atoms with E-state index in [2.05, 4.69) is 13.0 Å². The molecule has 3 heteroatoms. The van der Waals surface area contributed by atoms with Crippen LogP contribution in [-0.2, 0) is 9.59 Å². The molecular weight excluding hydrogens is 288 g/mol. The van der Waals surface area contributed by atoms with E-state index in [9.17, 15) is 14.7 Å². The van der Waals surface area contributed by atoms with E-state index in [1.54, 1.807) is 6.08 Å². The van der Waals surface area contributed by atoms with Crippen LogP contribution < -0.4 is 0 Å². The summed E-state index contributed by atoms with van der Waals surface area (Å²) in [5, 5.41) is 10.9. The number of aliphatic hydroxyl groups is 1. The third-order valence-corrected chi connectivity index (χ3v) is 7.90. The fourth-order valence-corrected chi connectivity index (χ4v) is 6.20. The second-order valence-corrected chi connectivity index (χ2v) is 8.64. The van der Waals surface area contributed by atoms with Crippen LogP contribution in [0.5, 0.6) is 0 Å². The van der Waals surface area contributed by atoms with Gasteiger partial charge in [0.2, 0.25) is 0 Å². The number of ketones is 1. The van der Waals surface area contributed by atoms with Gasteiger partial charge in [0.1, 0.15) is 6.29 Å². The van der Waals surface area contributed by atoms with E-state index in [4.69, 9.17) is 0 Å². The smallest absolute Gasteiger partial charge is 0.156 e. The lowest BCUT2D eigenvalue weighted by Crippen LogP contribution is -2.53. The van der Waals surface area contributed by atoms with Gasteiger partial charge < -0.3 is 9.90 Å². The first-order valence-electron chi connectivity index (χ1n) is 8.96. The Morgan fingerprint density at radius 3 is 2.65 bits per heavy atom. The highest BCUT2D eigenvalue weighted by Gasteiger charge is 2.62. The first-order chi connectivity index (χ1) is 10.8. The fraction of sp³-hybridized carbons (Fsp3) is 0.700. The highest BCUT2D eigenvalue weighted by molar-refractivity contribution is 5.94. The topological polar surface area (TPSA) is 54.4 Å². The average molecular weight is 314 g/mol. The van der Waals surface area contributed by atoms with Crippen LogP contribution in [0.4, 0.5) is 0 Å². The molecule has 0 aromatic rings. The zero-order valence-corrected chi connectivity index (χ0v) is 14.0. The third kappa shape index (κ3) is 1.80. The molecule has 0 unspecified atom stereocenters. The third-order valence-electron chi connectivity index (χ3n) is 7.90. The normalized spacial score (nSPS) is 51.5. The Kier molecular flexibility index (Phi) is 3.10. The van der Waals surface area contributed by atoms with Gasteiger partial charge in [-0.25, -0.2) is 0 Å². The van der Waals surface area contributed by atoms with Gasteiger partial charge in [-0.05, 0) is 73.8 Å². The van der Waals surface area contributed by atoms with E-state index < -0.39 is 11.0 Å². The van der Waals surface area contributed by atoms with Crippen molar-refractivity contribution in [2.45, 2.75) is 58.0 Å². The molecule has 23 heavy (non-hydrogen) atoms. The van der Waals surface area contributed by atoms with Gasteiger partial charge in [0.25, 0.3) is 0 Å². The minimum absolute atomic E-state index is 0.0612. The summed E-state index contributed by atoms with van der Waals surface area (Å²) in [5.74, 6) is 1.21. The monoisotopic (exact) mass is 314 g/mol. The van der Waals surface area contributed by atoms with Crippen molar-refractivity contribution >= 4 is 12.1 Å². The van der Waals surface area contributed by atoms with Gasteiger partial charge in [0, 0.05) is 6.42 Å². The summed E-state index contributed by atoms with van der Waals surface area (Å²) in [4.78, 5) is 23.9. The van der Waals surface area contributed by atoms with Crippen LogP contribution in [0.1, 0.15) is 52.4 Å². The molecule has 0 saturated heterocycles. The molecule has 124 valence electrons. The maximum absolute atomic E-state index is 12.1. The molecule has 0 spiro atoms. The number of hydrogen-bond acceptors (Lipinski definition) is 3. The highest BCUT2D eigenvalue weighted by Crippen LogP contribution is 2.65. The van der Waals surface area contributed by atoms with Crippen LogP contribution in [0.25, 0.3) is 0 Å². The van der Waals surface area contributed by atoms with Crippen LogP contribution >= 0.6 is 0 Å². The van der Waals surface area contributed by atoms with Crippen molar-refractivity contribution < 1.29 is 14.7 Å². The minimum atomic E-state index is -0.608. The predicted molar refractivity (Wildman–Crippen MR) is 87.6 cm³/mol. The summed E-state index contributed by atoms with van der Waals surface area (Å²) in [6.45, 7) is 4.22. The largest absolute Gasteiger partial charge is 0.390 e. The first kappa shape index (κ1) is 15.3. The number of rotatable bonds is 1. The van der Waals surface area contributed by atoms with Gasteiger partial charge in [-0.1, -0.05) is 19.1 Å². The SMILES string of the molecule is C[C@]1(O)CC[C@H]2[C@@H]3C=CC4=CC(=O)CC[C@]4(C=O)[C@H]3CC[C@@]21C. The van der Waals surface area contributed by atoms with Crippen molar-refractivity contribution in [2.75, 3.05) is 0 Å². The highest BCUT2D eigenvalue weighted by atomic mass is 16.3. The first-order valence-corrected chi connectivity index (χ1v) is 8.96. The molecule has 4 aliphatic carbocycles. The Morgan fingerprint density at radius 1 is 1.17 bits per heavy atom. The van der Waals surface area contributed by atoms with E-state index in [0.717, 1.165) is 37.5 Å². The van der Waals surface area contributed by atoms with Gasteiger partial charge in [-0.2, -0.15) is 0 Å². The molecule has 0 aromatic heterocycles. The summed E-state index contributed by atoms with van der Waals surface area (Å²) >= 11 is 0. The van der Waals surface area contributed by atoms with Gasteiger partial charge in [0.05, 0.1) is 11.0 Å². The van der Waals surface area contributed by atoms with Crippen LogP contribution in [0.2, 0.25) is 0 Å². The van der Waals surface area contributed by atoms with E-state index in [0.29, 0.717) is 24.7 Å². The van der Waals surface area contributed by atoms with Crippen LogP contribution in [0.3, 0.4) is 0 Å². The lowest BCUT2D eigenvalue weighted by Gasteiger charge is -2.56. The number of fused-ring (bicyclic) bond motifs is 5. The molecule has 0 aliphatic heterocycles. The molecule has 0 amide bonds. The Hall–Kier alpha value is -1.22. The van der Waals surface area contributed by atoms with Crippen LogP contribution in [0.15, 0.2) is 23.8 Å². The molecule has 0 heterocycles. The molecule has 0 radical (unpaired) electrons. The molecular formula is C20H26O3. The summed E-state index contributed by atoms with van der Waals surface area (Å²) < 4.78 is 0. The number of allylic oxidation sites excluding steroid dienone is 4. The molecule has 4 rings (SSSR count). The van der Waals surface area contributed by atoms with Crippen molar-refractivity contribution in [3.05, 3.63) is 23.8 Å². The lowest BCUT2D eigenvalue weighted by atomic mass is 9.48. The molecule has 2 saturated carbocycles. The second kappa shape index (κ2) is 4.66. The predicted octanol–water partition coefficient (Wildman–Crippen LogP) is 3.22. The number of hydrogen-bond donors (Lipinski definition) is 1. The average Bonchev–Trinajstić information content (AvgIpc) is 2.77. The molecule has 1 N–H and O–H groups in total. The minimum Gasteiger partial charge on any atom is -0.390 e. The molecule has 2 fully saturated rings. The van der Waals surface area contributed by atoms with Crippen LogP contribution in [-0.4, -0.2) is 22.8 Å². The summed E-state index contributed by atoms with van der Waals surface area (Å²) in [6.07, 6.45) is 12.0. The number of carbonyl (C=O) groups excluding carboxylic acids is 2. The molecule has 4 aliphatic rings. The standard InChI is InChI=1S/C20H26O3/c1-18-8-6-17-15(16(18)7-9-19(18,2)23)4-3-13-11-14(22)5-10-20(13,17)12-21/h3-4,11-12,15-17,23H,5-10H2,1-2H3/t15-,16-,17-,18-,19-,20+/m0/s1. The Labute approximate surface area is 137 Å². The Balaban J connectivity index is 1.79. The lowest BCUT2D eigenvalue weighted by molar-refractivity contribution is -0.129. The zero-order chi connectivity index (χ0) is 16.5. The van der Waals surface area contributed by atoms with Crippen molar-refractivity contribution in [3.63, 3.8) is 0 Å². The summed E-state index contributed by atoms with van der Waals surface area (Å²) in [7, 11) is 0. The van der Waals surface area contributed by atoms with Gasteiger partial charge >= 0.3 is 0 Å².